The van der Waals surface area contributed by atoms with Crippen molar-refractivity contribution in [3.8, 4) is 5.75 Å². The fourth-order valence-electron chi connectivity index (χ4n) is 4.66. The maximum atomic E-state index is 13.9. The van der Waals surface area contributed by atoms with Crippen molar-refractivity contribution in [1.29, 1.82) is 0 Å². The zero-order chi connectivity index (χ0) is 32.8. The lowest BCUT2D eigenvalue weighted by Crippen LogP contribution is -2.58. The average molecular weight is 621 g/mol. The first-order valence-electron chi connectivity index (χ1n) is 14.0. The van der Waals surface area contributed by atoms with Crippen LogP contribution in [0.4, 0.5) is 0 Å². The number of benzene rings is 1. The van der Waals surface area contributed by atoms with E-state index in [0.29, 0.717) is 12.0 Å². The summed E-state index contributed by atoms with van der Waals surface area (Å²) in [5.74, 6) is -5.53. The molecule has 0 unspecified atom stereocenters. The van der Waals surface area contributed by atoms with E-state index < -0.39 is 72.7 Å². The number of nitrogens with zero attached hydrogens (tertiary/aromatic N) is 2. The normalized spacial score (nSPS) is 16.2. The van der Waals surface area contributed by atoms with Gasteiger partial charge < -0.3 is 53.4 Å². The zero-order valence-corrected chi connectivity index (χ0v) is 24.1. The summed E-state index contributed by atoms with van der Waals surface area (Å²) < 4.78 is 0. The van der Waals surface area contributed by atoms with E-state index in [2.05, 4.69) is 20.9 Å². The van der Waals surface area contributed by atoms with Gasteiger partial charge in [0.2, 0.25) is 23.6 Å². The number of carboxylic acid groups (broad SMARTS) is 2. The molecule has 1 fully saturated rings. The highest BCUT2D eigenvalue weighted by molar-refractivity contribution is 5.95. The van der Waals surface area contributed by atoms with Crippen molar-refractivity contribution in [2.24, 2.45) is 22.2 Å². The van der Waals surface area contributed by atoms with E-state index in [-0.39, 0.29) is 56.9 Å². The van der Waals surface area contributed by atoms with Crippen LogP contribution in [0.5, 0.6) is 5.75 Å². The summed E-state index contributed by atoms with van der Waals surface area (Å²) in [6.45, 7) is -0.149. The molecule has 0 saturated carbocycles. The number of phenolic OH excluding ortho intramolecular Hbond substituents is 1. The molecular formula is C27H40N8O9. The summed E-state index contributed by atoms with van der Waals surface area (Å²) in [7, 11) is 0. The number of amides is 4. The zero-order valence-electron chi connectivity index (χ0n) is 24.1. The molecule has 12 N–H and O–H groups in total. The van der Waals surface area contributed by atoms with Crippen LogP contribution in [0.3, 0.4) is 0 Å². The summed E-state index contributed by atoms with van der Waals surface area (Å²) >= 11 is 0. The van der Waals surface area contributed by atoms with Crippen molar-refractivity contribution in [2.75, 3.05) is 19.6 Å². The first-order chi connectivity index (χ1) is 20.8. The van der Waals surface area contributed by atoms with Gasteiger partial charge in [-0.05, 0) is 49.8 Å². The number of carbonyl (C=O) groups is 6. The first-order valence-corrected chi connectivity index (χ1v) is 14.0. The third-order valence-corrected chi connectivity index (χ3v) is 6.87. The summed E-state index contributed by atoms with van der Waals surface area (Å²) in [4.78, 5) is 80.2. The molecule has 4 amide bonds. The van der Waals surface area contributed by atoms with Gasteiger partial charge in [0.1, 0.15) is 29.9 Å². The van der Waals surface area contributed by atoms with Crippen LogP contribution in [0.15, 0.2) is 29.3 Å². The Kier molecular flexibility index (Phi) is 13.8. The molecule has 0 bridgehead atoms. The quantitative estimate of drug-likeness (QED) is 0.0490. The summed E-state index contributed by atoms with van der Waals surface area (Å²) in [6, 6.07) is 0.982. The number of aliphatic carboxylic acids is 2. The van der Waals surface area contributed by atoms with Crippen LogP contribution in [-0.4, -0.2) is 106 Å². The highest BCUT2D eigenvalue weighted by Crippen LogP contribution is 2.21. The third-order valence-electron chi connectivity index (χ3n) is 6.87. The van der Waals surface area contributed by atoms with Crippen molar-refractivity contribution < 1.29 is 44.1 Å². The van der Waals surface area contributed by atoms with Crippen molar-refractivity contribution >= 4 is 41.5 Å². The molecule has 0 aromatic heterocycles. The number of aromatic hydroxyl groups is 1. The van der Waals surface area contributed by atoms with Crippen LogP contribution in [0, 0.1) is 0 Å². The van der Waals surface area contributed by atoms with Gasteiger partial charge in [-0.1, -0.05) is 12.1 Å². The molecule has 17 heteroatoms. The predicted octanol–water partition coefficient (Wildman–Crippen LogP) is -2.66. The smallest absolute Gasteiger partial charge is 0.326 e. The molecule has 0 spiro atoms. The molecule has 0 aliphatic carbocycles. The highest BCUT2D eigenvalue weighted by atomic mass is 16.4. The molecule has 1 aromatic rings. The first kappa shape index (κ1) is 35.3. The van der Waals surface area contributed by atoms with Crippen LogP contribution in [0.25, 0.3) is 0 Å². The monoisotopic (exact) mass is 620 g/mol. The van der Waals surface area contributed by atoms with Gasteiger partial charge in [0, 0.05) is 25.9 Å². The van der Waals surface area contributed by atoms with Gasteiger partial charge in [-0.3, -0.25) is 29.0 Å². The van der Waals surface area contributed by atoms with Gasteiger partial charge in [-0.25, -0.2) is 4.79 Å². The van der Waals surface area contributed by atoms with E-state index in [0.717, 1.165) is 0 Å². The molecule has 1 saturated heterocycles. The van der Waals surface area contributed by atoms with E-state index in [1.54, 1.807) is 0 Å². The molecule has 2 rings (SSSR count). The number of hydrogen-bond donors (Lipinski definition) is 9. The number of hydrogen-bond acceptors (Lipinski definition) is 9. The molecule has 1 aromatic carbocycles. The van der Waals surface area contributed by atoms with Crippen LogP contribution in [0.1, 0.15) is 44.1 Å². The second-order valence-corrected chi connectivity index (χ2v) is 10.2. The fraction of sp³-hybridized carbons (Fsp3) is 0.519. The SMILES string of the molecule is NCC(=O)N[C@@H](CCC(=O)O)C(=O)N[C@@H](Cc1ccc(O)cc1)C(=O)N1CCC[C@H]1C(=O)N[C@@H](CCCN=C(N)N)C(=O)O. The Morgan fingerprint density at radius 3 is 2.23 bits per heavy atom. The molecule has 1 heterocycles. The number of nitrogens with two attached hydrogens (primary N) is 3. The minimum Gasteiger partial charge on any atom is -0.508 e. The lowest BCUT2D eigenvalue weighted by atomic mass is 10.0. The third kappa shape index (κ3) is 11.4. The van der Waals surface area contributed by atoms with Crippen LogP contribution >= 0.6 is 0 Å². The highest BCUT2D eigenvalue weighted by Gasteiger charge is 2.39. The number of phenols is 1. The van der Waals surface area contributed by atoms with Crippen LogP contribution < -0.4 is 33.2 Å². The number of carboxylic acids is 2. The van der Waals surface area contributed by atoms with Crippen molar-refractivity contribution in [1.82, 2.24) is 20.9 Å². The molecule has 4 atom stereocenters. The van der Waals surface area contributed by atoms with E-state index >= 15 is 0 Å². The molecule has 1 aliphatic heterocycles. The topological polar surface area (TPSA) is 293 Å². The summed E-state index contributed by atoms with van der Waals surface area (Å²) in [5, 5.41) is 35.7. The van der Waals surface area contributed by atoms with E-state index in [9.17, 15) is 39.0 Å². The van der Waals surface area contributed by atoms with Crippen LogP contribution in [-0.2, 0) is 35.2 Å². The molecule has 1 aliphatic rings. The molecule has 242 valence electrons. The Morgan fingerprint density at radius 1 is 0.955 bits per heavy atom. The minimum absolute atomic E-state index is 0.0264. The Labute approximate surface area is 253 Å². The lowest BCUT2D eigenvalue weighted by molar-refractivity contribution is -0.145. The summed E-state index contributed by atoms with van der Waals surface area (Å²) in [6.07, 6.45) is 0.170. The van der Waals surface area contributed by atoms with E-state index in [1.165, 1.54) is 29.2 Å². The average Bonchev–Trinajstić information content (AvgIpc) is 3.46. The van der Waals surface area contributed by atoms with Gasteiger partial charge in [0.25, 0.3) is 0 Å². The number of rotatable bonds is 17. The van der Waals surface area contributed by atoms with Gasteiger partial charge in [0.05, 0.1) is 6.54 Å². The fourth-order valence-corrected chi connectivity index (χ4v) is 4.66. The molecule has 44 heavy (non-hydrogen) atoms. The summed E-state index contributed by atoms with van der Waals surface area (Å²) in [5.41, 5.74) is 16.4. The number of aliphatic imine (C=N–C) groups is 1. The standard InChI is InChI=1S/C27H40N8O9/c28-14-21(37)32-17(9-10-22(38)39)23(40)34-19(13-15-5-7-16(36)8-6-15)25(42)35-12-2-4-20(35)24(41)33-18(26(43)44)3-1-11-31-27(29)30/h5-8,17-20,36H,1-4,9-14,28H2,(H,32,37)(H,33,41)(H,34,40)(H,38,39)(H,43,44)(H4,29,30,31)/t17-,18-,19-,20-/m0/s1. The van der Waals surface area contributed by atoms with Crippen molar-refractivity contribution in [2.45, 2.75) is 69.1 Å². The number of nitrogens with one attached hydrogen (secondary N) is 3. The van der Waals surface area contributed by atoms with Crippen molar-refractivity contribution in [3.63, 3.8) is 0 Å². The van der Waals surface area contributed by atoms with Gasteiger partial charge in [0.15, 0.2) is 5.96 Å². The van der Waals surface area contributed by atoms with Gasteiger partial charge in [-0.2, -0.15) is 0 Å². The Hall–Kier alpha value is -4.93. The molecule has 0 radical (unpaired) electrons. The predicted molar refractivity (Wildman–Crippen MR) is 156 cm³/mol. The number of guanidine groups is 1. The van der Waals surface area contributed by atoms with Crippen molar-refractivity contribution in [3.05, 3.63) is 29.8 Å². The second-order valence-electron chi connectivity index (χ2n) is 10.2. The minimum atomic E-state index is -1.31. The van der Waals surface area contributed by atoms with Gasteiger partial charge in [-0.15, -0.1) is 0 Å². The van der Waals surface area contributed by atoms with Gasteiger partial charge >= 0.3 is 11.9 Å². The van der Waals surface area contributed by atoms with E-state index in [4.69, 9.17) is 22.3 Å². The maximum Gasteiger partial charge on any atom is 0.326 e. The maximum absolute atomic E-state index is 13.9. The molecular weight excluding hydrogens is 580 g/mol. The Balaban J connectivity index is 2.26. The largest absolute Gasteiger partial charge is 0.508 e. The Morgan fingerprint density at radius 2 is 1.64 bits per heavy atom. The lowest BCUT2D eigenvalue weighted by Gasteiger charge is -2.30. The number of likely N-dealkylation sites (tertiary alicyclic amines) is 1. The molecule has 17 nitrogen and oxygen atoms in total. The van der Waals surface area contributed by atoms with E-state index in [1.807, 2.05) is 0 Å². The second kappa shape index (κ2) is 17.3. The van der Waals surface area contributed by atoms with Crippen LogP contribution in [0.2, 0.25) is 0 Å². The number of carbonyl (C=O) groups excluding carboxylic acids is 4. The Bertz CT molecular complexity index is 1220.